The molecule has 0 saturated heterocycles. The molecule has 0 heterocycles. The summed E-state index contributed by atoms with van der Waals surface area (Å²) in [5, 5.41) is 11.7. The number of ketones is 1. The van der Waals surface area contributed by atoms with Crippen molar-refractivity contribution in [2.24, 2.45) is 0 Å². The Bertz CT molecular complexity index is 1340. The number of alkyl halides is 3. The normalized spacial score (nSPS) is 13.0. The molecule has 220 valence electrons. The van der Waals surface area contributed by atoms with Crippen LogP contribution in [0.3, 0.4) is 0 Å². The maximum Gasteiger partial charge on any atom is 0.416 e. The average Bonchev–Trinajstić information content (AvgIpc) is 2.82. The van der Waals surface area contributed by atoms with Gasteiger partial charge in [-0.15, -0.1) is 0 Å². The number of benzene rings is 2. The van der Waals surface area contributed by atoms with Crippen molar-refractivity contribution >= 4 is 27.5 Å². The molecule has 0 amide bonds. The van der Waals surface area contributed by atoms with E-state index >= 15 is 0 Å². The number of nitrogens with zero attached hydrogens (tertiary/aromatic N) is 1. The van der Waals surface area contributed by atoms with E-state index in [-0.39, 0.29) is 23.7 Å². The molecule has 2 aromatic rings. The summed E-state index contributed by atoms with van der Waals surface area (Å²) in [6, 6.07) is 5.18. The van der Waals surface area contributed by atoms with Crippen LogP contribution in [0.4, 0.5) is 18.9 Å². The van der Waals surface area contributed by atoms with Gasteiger partial charge in [-0.1, -0.05) is 12.1 Å². The van der Waals surface area contributed by atoms with Gasteiger partial charge < -0.3 is 14.3 Å². The maximum atomic E-state index is 13.1. The Balaban J connectivity index is 2.34. The van der Waals surface area contributed by atoms with E-state index in [0.29, 0.717) is 31.4 Å². The van der Waals surface area contributed by atoms with Gasteiger partial charge in [0.1, 0.15) is 17.4 Å². The van der Waals surface area contributed by atoms with Gasteiger partial charge in [-0.05, 0) is 76.8 Å². The highest BCUT2D eigenvalue weighted by molar-refractivity contribution is 7.89. The Hall–Kier alpha value is -3.52. The molecule has 14 heteroatoms. The van der Waals surface area contributed by atoms with Crippen LogP contribution in [-0.4, -0.2) is 43.3 Å². The molecule has 1 atom stereocenters. The Kier molecular flexibility index (Phi) is 10.8. The van der Waals surface area contributed by atoms with E-state index in [0.717, 1.165) is 18.2 Å². The van der Waals surface area contributed by atoms with Crippen LogP contribution < -0.4 is 9.46 Å². The summed E-state index contributed by atoms with van der Waals surface area (Å²) in [4.78, 5) is 34.2. The van der Waals surface area contributed by atoms with Gasteiger partial charge in [-0.25, -0.2) is 8.42 Å². The summed E-state index contributed by atoms with van der Waals surface area (Å²) < 4.78 is 78.2. The van der Waals surface area contributed by atoms with Gasteiger partial charge in [0.25, 0.3) is 0 Å². The number of nitro groups is 1. The Morgan fingerprint density at radius 2 is 1.75 bits per heavy atom. The highest BCUT2D eigenvalue weighted by Gasteiger charge is 2.34. The van der Waals surface area contributed by atoms with E-state index in [4.69, 9.17) is 9.47 Å². The number of esters is 1. The predicted molar refractivity (Wildman–Crippen MR) is 138 cm³/mol. The van der Waals surface area contributed by atoms with Crippen molar-refractivity contribution in [2.45, 2.75) is 76.1 Å². The molecule has 10 nitrogen and oxygen atoms in total. The van der Waals surface area contributed by atoms with E-state index in [1.807, 2.05) is 0 Å². The Morgan fingerprint density at radius 3 is 2.33 bits per heavy atom. The molecule has 1 N–H and O–H groups in total. The van der Waals surface area contributed by atoms with Crippen molar-refractivity contribution in [3.8, 4) is 5.75 Å². The van der Waals surface area contributed by atoms with Crippen molar-refractivity contribution in [1.29, 1.82) is 0 Å². The van der Waals surface area contributed by atoms with Crippen molar-refractivity contribution in [2.75, 3.05) is 6.61 Å². The van der Waals surface area contributed by atoms with E-state index in [1.54, 1.807) is 0 Å². The lowest BCUT2D eigenvalue weighted by Gasteiger charge is -2.25. The zero-order chi connectivity index (χ0) is 30.3. The summed E-state index contributed by atoms with van der Waals surface area (Å²) in [7, 11) is -4.65. The molecule has 0 bridgehead atoms. The number of unbranched alkanes of at least 4 members (excludes halogenated alkanes) is 1. The zero-order valence-electron chi connectivity index (χ0n) is 22.4. The van der Waals surface area contributed by atoms with Crippen molar-refractivity contribution in [1.82, 2.24) is 4.72 Å². The largest absolute Gasteiger partial charge is 0.487 e. The Morgan fingerprint density at radius 1 is 1.07 bits per heavy atom. The highest BCUT2D eigenvalue weighted by Crippen LogP contribution is 2.31. The number of halogens is 3. The van der Waals surface area contributed by atoms with Gasteiger partial charge in [-0.3, -0.25) is 14.9 Å². The SMILES string of the molecule is CC(=O)CCCCOc1ccc(C[C@H](NS(=O)(=O)c2cccc(C(F)(F)F)c2)C(=O)OC(C)(C)C)cc1[N+](=O)[O-]. The number of nitrogens with one attached hydrogen (secondary N) is 1. The van der Waals surface area contributed by atoms with E-state index in [9.17, 15) is 41.3 Å². The molecule has 0 fully saturated rings. The number of hydrogen-bond acceptors (Lipinski definition) is 8. The third-order valence-corrected chi connectivity index (χ3v) is 6.77. The van der Waals surface area contributed by atoms with Crippen molar-refractivity contribution in [3.05, 3.63) is 63.7 Å². The number of hydrogen-bond donors (Lipinski definition) is 1. The molecule has 0 unspecified atom stereocenters. The van der Waals surface area contributed by atoms with Gasteiger partial charge in [-0.2, -0.15) is 17.9 Å². The molecule has 0 aromatic heterocycles. The smallest absolute Gasteiger partial charge is 0.416 e. The van der Waals surface area contributed by atoms with Crippen LogP contribution in [0.1, 0.15) is 58.1 Å². The molecular weight excluding hydrogens is 557 g/mol. The van der Waals surface area contributed by atoms with E-state index in [1.165, 1.54) is 39.8 Å². The molecule has 0 aliphatic rings. The van der Waals surface area contributed by atoms with Crippen molar-refractivity contribution < 1.29 is 45.6 Å². The van der Waals surface area contributed by atoms with Crippen LogP contribution in [0.25, 0.3) is 0 Å². The molecule has 40 heavy (non-hydrogen) atoms. The van der Waals surface area contributed by atoms with Gasteiger partial charge >= 0.3 is 17.8 Å². The topological polar surface area (TPSA) is 142 Å². The first-order chi connectivity index (χ1) is 18.4. The minimum atomic E-state index is -4.80. The second-order valence-corrected chi connectivity index (χ2v) is 11.7. The fourth-order valence-electron chi connectivity index (χ4n) is 3.49. The zero-order valence-corrected chi connectivity index (χ0v) is 23.2. The number of carbonyl (C=O) groups excluding carboxylic acids is 2. The lowest BCUT2D eigenvalue weighted by molar-refractivity contribution is -0.385. The summed E-state index contributed by atoms with van der Waals surface area (Å²) in [6.45, 7) is 6.18. The average molecular weight is 589 g/mol. The van der Waals surface area contributed by atoms with Gasteiger partial charge in [0, 0.05) is 12.5 Å². The molecule has 0 aliphatic heterocycles. The number of Topliss-reactive ketones (excluding diaryl/α,β-unsaturated/α-hetero) is 1. The van der Waals surface area contributed by atoms with Crippen LogP contribution in [-0.2, 0) is 36.9 Å². The van der Waals surface area contributed by atoms with E-state index < -0.39 is 61.3 Å². The van der Waals surface area contributed by atoms with Crippen LogP contribution in [0.2, 0.25) is 0 Å². The standard InChI is InChI=1S/C26H31F3N2O8S/c1-17(32)8-5-6-13-38-23-12-11-18(15-22(23)31(34)35)14-21(24(33)39-25(2,3)4)30-40(36,37)20-10-7-9-19(16-20)26(27,28)29/h7,9-12,15-16,21,30H,5-6,8,13-14H2,1-4H3/t21-/m0/s1. The summed E-state index contributed by atoms with van der Waals surface area (Å²) in [6.07, 6.45) is -3.83. The summed E-state index contributed by atoms with van der Waals surface area (Å²) in [5.74, 6) is -1.08. The molecule has 0 saturated carbocycles. The molecule has 0 aliphatic carbocycles. The van der Waals surface area contributed by atoms with Crippen LogP contribution in [0, 0.1) is 10.1 Å². The van der Waals surface area contributed by atoms with Crippen LogP contribution >= 0.6 is 0 Å². The lowest BCUT2D eigenvalue weighted by Crippen LogP contribution is -2.45. The second kappa shape index (κ2) is 13.2. The maximum absolute atomic E-state index is 13.1. The lowest BCUT2D eigenvalue weighted by atomic mass is 10.0. The minimum absolute atomic E-state index is 0.0126. The predicted octanol–water partition coefficient (Wildman–Crippen LogP) is 4.98. The monoisotopic (exact) mass is 588 g/mol. The number of nitro benzene ring substituents is 1. The number of carbonyl (C=O) groups is 2. The first-order valence-electron chi connectivity index (χ1n) is 12.2. The van der Waals surface area contributed by atoms with Crippen molar-refractivity contribution in [3.63, 3.8) is 0 Å². The number of sulfonamides is 1. The minimum Gasteiger partial charge on any atom is -0.487 e. The van der Waals surface area contributed by atoms with Gasteiger partial charge in [0.15, 0.2) is 5.75 Å². The third kappa shape index (κ3) is 10.2. The van der Waals surface area contributed by atoms with Gasteiger partial charge in [0.05, 0.1) is 22.0 Å². The number of rotatable bonds is 13. The number of ether oxygens (including phenoxy) is 2. The fourth-order valence-corrected chi connectivity index (χ4v) is 4.72. The quantitative estimate of drug-likeness (QED) is 0.149. The summed E-state index contributed by atoms with van der Waals surface area (Å²) >= 11 is 0. The fraction of sp³-hybridized carbons (Fsp3) is 0.462. The van der Waals surface area contributed by atoms with Gasteiger partial charge in [0.2, 0.25) is 10.0 Å². The molecule has 0 radical (unpaired) electrons. The van der Waals surface area contributed by atoms with E-state index in [2.05, 4.69) is 4.72 Å². The molecule has 2 rings (SSSR count). The molecule has 0 spiro atoms. The second-order valence-electron chi connectivity index (χ2n) is 10.0. The highest BCUT2D eigenvalue weighted by atomic mass is 32.2. The Labute approximate surface area is 230 Å². The van der Waals surface area contributed by atoms with Crippen LogP contribution in [0.5, 0.6) is 5.75 Å². The molecule has 2 aromatic carbocycles. The summed E-state index contributed by atoms with van der Waals surface area (Å²) in [5.41, 5.74) is -2.51. The van der Waals surface area contributed by atoms with Crippen LogP contribution in [0.15, 0.2) is 47.4 Å². The third-order valence-electron chi connectivity index (χ3n) is 5.30. The first kappa shape index (κ1) is 32.7. The molecular formula is C26H31F3N2O8S. The first-order valence-corrected chi connectivity index (χ1v) is 13.7.